The molecule has 0 saturated heterocycles. The first-order valence-corrected chi connectivity index (χ1v) is 13.0. The Morgan fingerprint density at radius 2 is 2.05 bits per heavy atom. The summed E-state index contributed by atoms with van der Waals surface area (Å²) in [5.74, 6) is 5.87. The standard InChI is InChI=1S/C30H25N9O2/c1-19(36-29(40)26-27(31)37-39-13-4-12-34-28(26)39)24-15-22-7-2-6-21(9-8-20-5-3-11-32-16-20)25(22)30(41)38(24)14-10-23-17-33-18-35-23/h2-7,11-13,15-19H,10,14H2,1H3,(H2,31,37)(H,33,35)(H,36,40)/t19-/m1/s1. The number of imidazole rings is 1. The van der Waals surface area contributed by atoms with E-state index < -0.39 is 11.9 Å². The van der Waals surface area contributed by atoms with Crippen LogP contribution in [0.2, 0.25) is 0 Å². The summed E-state index contributed by atoms with van der Waals surface area (Å²) in [6, 6.07) is 12.3. The Hall–Kier alpha value is -5.76. The van der Waals surface area contributed by atoms with Gasteiger partial charge in [0.25, 0.3) is 11.5 Å². The van der Waals surface area contributed by atoms with Gasteiger partial charge in [0.1, 0.15) is 5.56 Å². The van der Waals surface area contributed by atoms with Gasteiger partial charge >= 0.3 is 0 Å². The van der Waals surface area contributed by atoms with Crippen molar-refractivity contribution in [1.82, 2.24) is 39.4 Å². The lowest BCUT2D eigenvalue weighted by atomic mass is 10.0. The molecule has 0 bridgehead atoms. The van der Waals surface area contributed by atoms with E-state index in [0.717, 1.165) is 16.6 Å². The number of carbonyl (C=O) groups is 1. The topological polar surface area (TPSA) is 149 Å². The van der Waals surface area contributed by atoms with Crippen molar-refractivity contribution in [2.45, 2.75) is 25.9 Å². The predicted octanol–water partition coefficient (Wildman–Crippen LogP) is 2.88. The summed E-state index contributed by atoms with van der Waals surface area (Å²) in [6.07, 6.45) is 10.5. The average molecular weight is 544 g/mol. The molecule has 1 aromatic carbocycles. The highest BCUT2D eigenvalue weighted by molar-refractivity contribution is 6.04. The van der Waals surface area contributed by atoms with E-state index in [-0.39, 0.29) is 16.9 Å². The number of nitrogens with two attached hydrogens (primary N) is 1. The van der Waals surface area contributed by atoms with Crippen molar-refractivity contribution >= 4 is 28.1 Å². The maximum atomic E-state index is 14.1. The minimum Gasteiger partial charge on any atom is -0.381 e. The Kier molecular flexibility index (Phi) is 6.71. The second-order valence-corrected chi connectivity index (χ2v) is 9.44. The molecule has 1 amide bonds. The highest BCUT2D eigenvalue weighted by atomic mass is 16.2. The van der Waals surface area contributed by atoms with Crippen LogP contribution in [0, 0.1) is 11.8 Å². The second-order valence-electron chi connectivity index (χ2n) is 9.44. The molecule has 4 N–H and O–H groups in total. The third-order valence-electron chi connectivity index (χ3n) is 6.76. The van der Waals surface area contributed by atoms with Crippen LogP contribution in [0.25, 0.3) is 16.4 Å². The van der Waals surface area contributed by atoms with Gasteiger partial charge < -0.3 is 20.6 Å². The van der Waals surface area contributed by atoms with E-state index in [4.69, 9.17) is 5.73 Å². The fourth-order valence-corrected chi connectivity index (χ4v) is 4.81. The van der Waals surface area contributed by atoms with Crippen LogP contribution in [-0.2, 0) is 13.0 Å². The number of hydrogen-bond donors (Lipinski definition) is 3. The quantitative estimate of drug-likeness (QED) is 0.274. The summed E-state index contributed by atoms with van der Waals surface area (Å²) in [6.45, 7) is 2.17. The van der Waals surface area contributed by atoms with Crippen LogP contribution in [0.5, 0.6) is 0 Å². The molecule has 11 nitrogen and oxygen atoms in total. The van der Waals surface area contributed by atoms with Crippen molar-refractivity contribution in [2.75, 3.05) is 5.73 Å². The average Bonchev–Trinajstić information content (AvgIpc) is 3.62. The van der Waals surface area contributed by atoms with Crippen molar-refractivity contribution in [3.8, 4) is 11.8 Å². The Labute approximate surface area is 234 Å². The lowest BCUT2D eigenvalue weighted by Gasteiger charge is -2.21. The number of H-pyrrole nitrogens is 1. The molecule has 0 unspecified atom stereocenters. The lowest BCUT2D eigenvalue weighted by molar-refractivity contribution is 0.0940. The SMILES string of the molecule is C[C@@H](NC(=O)c1c(N)nn2cccnc12)c1cc2cccc(C#Cc3cccnc3)c2c(=O)n1CCc1c[nH]cn1. The van der Waals surface area contributed by atoms with Crippen molar-refractivity contribution < 1.29 is 4.79 Å². The molecule has 0 aliphatic rings. The molecule has 0 aliphatic carbocycles. The molecule has 5 aromatic heterocycles. The fraction of sp³-hybridized carbons (Fsp3) is 0.133. The predicted molar refractivity (Wildman–Crippen MR) is 154 cm³/mol. The molecule has 0 saturated carbocycles. The van der Waals surface area contributed by atoms with Gasteiger partial charge in [-0.1, -0.05) is 24.0 Å². The van der Waals surface area contributed by atoms with Crippen molar-refractivity contribution in [3.05, 3.63) is 118 Å². The van der Waals surface area contributed by atoms with Crippen molar-refractivity contribution in [2.24, 2.45) is 0 Å². The van der Waals surface area contributed by atoms with Crippen LogP contribution in [0.4, 0.5) is 5.82 Å². The number of nitrogens with one attached hydrogen (secondary N) is 2. The molecule has 202 valence electrons. The van der Waals surface area contributed by atoms with Gasteiger partial charge in [-0.05, 0) is 42.6 Å². The zero-order chi connectivity index (χ0) is 28.3. The lowest BCUT2D eigenvalue weighted by Crippen LogP contribution is -2.33. The number of pyridine rings is 2. The van der Waals surface area contributed by atoms with E-state index in [1.54, 1.807) is 47.9 Å². The van der Waals surface area contributed by atoms with Crippen molar-refractivity contribution in [1.29, 1.82) is 0 Å². The Bertz CT molecular complexity index is 2000. The highest BCUT2D eigenvalue weighted by Gasteiger charge is 2.23. The van der Waals surface area contributed by atoms with E-state index >= 15 is 0 Å². The molecule has 6 aromatic rings. The number of aryl methyl sites for hydroxylation is 1. The molecular weight excluding hydrogens is 518 g/mol. The Morgan fingerprint density at radius 1 is 1.15 bits per heavy atom. The number of aromatic amines is 1. The molecule has 41 heavy (non-hydrogen) atoms. The number of benzene rings is 1. The minimum absolute atomic E-state index is 0.0691. The van der Waals surface area contributed by atoms with E-state index in [9.17, 15) is 9.59 Å². The number of fused-ring (bicyclic) bond motifs is 2. The summed E-state index contributed by atoms with van der Waals surface area (Å²) in [4.78, 5) is 43.1. The van der Waals surface area contributed by atoms with Crippen LogP contribution in [-0.4, -0.2) is 40.0 Å². The smallest absolute Gasteiger partial charge is 0.259 e. The molecule has 0 spiro atoms. The number of nitrogen functional groups attached to an aromatic ring is 1. The maximum Gasteiger partial charge on any atom is 0.259 e. The van der Waals surface area contributed by atoms with Gasteiger partial charge in [0.05, 0.1) is 23.4 Å². The van der Waals surface area contributed by atoms with Gasteiger partial charge in [-0.3, -0.25) is 14.6 Å². The van der Waals surface area contributed by atoms with E-state index in [2.05, 4.69) is 42.2 Å². The van der Waals surface area contributed by atoms with Gasteiger partial charge in [-0.2, -0.15) is 0 Å². The number of hydrogen-bond acceptors (Lipinski definition) is 7. The molecule has 0 radical (unpaired) electrons. The second kappa shape index (κ2) is 10.8. The van der Waals surface area contributed by atoms with E-state index in [1.807, 2.05) is 43.3 Å². The third kappa shape index (κ3) is 5.02. The number of carbonyl (C=O) groups excluding carboxylic acids is 1. The normalized spacial score (nSPS) is 11.7. The Balaban J connectivity index is 1.42. The van der Waals surface area contributed by atoms with Crippen LogP contribution >= 0.6 is 0 Å². The number of aromatic nitrogens is 7. The van der Waals surface area contributed by atoms with Gasteiger partial charge in [0.2, 0.25) is 0 Å². The van der Waals surface area contributed by atoms with Crippen molar-refractivity contribution in [3.63, 3.8) is 0 Å². The van der Waals surface area contributed by atoms with Crippen LogP contribution < -0.4 is 16.6 Å². The van der Waals surface area contributed by atoms with Crippen LogP contribution in [0.15, 0.2) is 84.6 Å². The molecule has 0 fully saturated rings. The number of rotatable bonds is 6. The molecular formula is C30H25N9O2. The third-order valence-corrected chi connectivity index (χ3v) is 6.76. The summed E-state index contributed by atoms with van der Waals surface area (Å²) < 4.78 is 3.13. The largest absolute Gasteiger partial charge is 0.381 e. The zero-order valence-electron chi connectivity index (χ0n) is 22.1. The molecule has 11 heteroatoms. The molecule has 0 aliphatic heterocycles. The summed E-state index contributed by atoms with van der Waals surface area (Å²) in [5, 5.41) is 8.40. The molecule has 6 rings (SSSR count). The van der Waals surface area contributed by atoms with Gasteiger partial charge in [0.15, 0.2) is 11.5 Å². The van der Waals surface area contributed by atoms with Gasteiger partial charge in [-0.15, -0.1) is 5.10 Å². The first kappa shape index (κ1) is 25.5. The Morgan fingerprint density at radius 3 is 2.85 bits per heavy atom. The number of anilines is 1. The summed E-state index contributed by atoms with van der Waals surface area (Å²) in [7, 11) is 0. The van der Waals surface area contributed by atoms with E-state index in [1.165, 1.54) is 4.52 Å². The number of nitrogens with zero attached hydrogens (tertiary/aromatic N) is 6. The van der Waals surface area contributed by atoms with Gasteiger partial charge in [0, 0.05) is 60.8 Å². The summed E-state index contributed by atoms with van der Waals surface area (Å²) >= 11 is 0. The first-order valence-electron chi connectivity index (χ1n) is 13.0. The first-order chi connectivity index (χ1) is 20.0. The highest BCUT2D eigenvalue weighted by Crippen LogP contribution is 2.23. The monoisotopic (exact) mass is 543 g/mol. The maximum absolute atomic E-state index is 14.1. The van der Waals surface area contributed by atoms with E-state index in [0.29, 0.717) is 35.3 Å². The number of amides is 1. The zero-order valence-corrected chi connectivity index (χ0v) is 22.1. The van der Waals surface area contributed by atoms with Crippen LogP contribution in [0.3, 0.4) is 0 Å². The molecule has 5 heterocycles. The minimum atomic E-state index is -0.554. The van der Waals surface area contributed by atoms with Gasteiger partial charge in [-0.25, -0.2) is 14.5 Å². The summed E-state index contributed by atoms with van der Waals surface area (Å²) in [5.41, 5.74) is 9.19. The van der Waals surface area contributed by atoms with Crippen LogP contribution in [0.1, 0.15) is 45.8 Å². The molecule has 1 atom stereocenters. The fourth-order valence-electron chi connectivity index (χ4n) is 4.81.